The van der Waals surface area contributed by atoms with E-state index in [1.807, 2.05) is 30.3 Å². The molecule has 11 rings (SSSR count). The van der Waals surface area contributed by atoms with Crippen molar-refractivity contribution >= 4 is 53.4 Å². The lowest BCUT2D eigenvalue weighted by molar-refractivity contribution is 0.647. The van der Waals surface area contributed by atoms with Gasteiger partial charge in [-0.15, -0.1) is 11.3 Å². The van der Waals surface area contributed by atoms with Gasteiger partial charge in [0.1, 0.15) is 11.2 Å². The van der Waals surface area contributed by atoms with Crippen molar-refractivity contribution in [3.63, 3.8) is 0 Å². The predicted molar refractivity (Wildman–Crippen MR) is 219 cm³/mol. The van der Waals surface area contributed by atoms with Gasteiger partial charge in [0.05, 0.1) is 0 Å². The van der Waals surface area contributed by atoms with Crippen molar-refractivity contribution in [1.29, 1.82) is 0 Å². The van der Waals surface area contributed by atoms with Gasteiger partial charge in [0, 0.05) is 53.1 Å². The van der Waals surface area contributed by atoms with E-state index in [-0.39, 0.29) is 5.41 Å². The normalized spacial score (nSPS) is 13.2. The fourth-order valence-electron chi connectivity index (χ4n) is 8.20. The lowest BCUT2D eigenvalue weighted by Gasteiger charge is -2.21. The molecule has 1 aliphatic carbocycles. The van der Waals surface area contributed by atoms with E-state index in [9.17, 15) is 0 Å². The summed E-state index contributed by atoms with van der Waals surface area (Å²) in [6, 6.07) is 53.7. The van der Waals surface area contributed by atoms with Gasteiger partial charge in [-0.1, -0.05) is 123 Å². The van der Waals surface area contributed by atoms with Crippen LogP contribution in [-0.2, 0) is 5.41 Å². The first-order valence-electron chi connectivity index (χ1n) is 17.9. The molecule has 250 valence electrons. The Morgan fingerprint density at radius 2 is 1.04 bits per heavy atom. The summed E-state index contributed by atoms with van der Waals surface area (Å²) in [5.74, 6) is 1.96. The van der Waals surface area contributed by atoms with Crippen LogP contribution in [0.1, 0.15) is 25.0 Å². The first kappa shape index (κ1) is 30.2. The molecule has 10 aromatic rings. The van der Waals surface area contributed by atoms with Crippen LogP contribution in [0.3, 0.4) is 0 Å². The zero-order valence-corrected chi connectivity index (χ0v) is 29.9. The Morgan fingerprint density at radius 3 is 1.89 bits per heavy atom. The highest BCUT2D eigenvalue weighted by Crippen LogP contribution is 2.51. The average Bonchev–Trinajstić information content (AvgIpc) is 3.84. The summed E-state index contributed by atoms with van der Waals surface area (Å²) in [4.78, 5) is 15.2. The number of aromatic nitrogens is 3. The van der Waals surface area contributed by atoms with Gasteiger partial charge in [-0.25, -0.2) is 15.0 Å². The Kier molecular flexibility index (Phi) is 6.43. The van der Waals surface area contributed by atoms with Gasteiger partial charge in [0.25, 0.3) is 0 Å². The highest BCUT2D eigenvalue weighted by atomic mass is 32.1. The SMILES string of the molecule is CC1(C)c2ccc(-c3cccc(-c4nc(-c5ccccc5)nc(-c5ccc6c(c5)sc5ccccc56)n4)c3)cc2-c2cc3c(cc21)oc1ccccc13. The molecule has 0 aliphatic heterocycles. The third kappa shape index (κ3) is 4.71. The second-order valence-electron chi connectivity index (χ2n) is 14.4. The average molecular weight is 698 g/mol. The van der Waals surface area contributed by atoms with Gasteiger partial charge in [0.2, 0.25) is 0 Å². The standard InChI is InChI=1S/C48H31N3OS/c1-48(2)39-22-20-30(24-36(39)37-26-38-33-15-6-8-17-41(33)52-42(38)27-40(37)48)29-13-10-14-31(23-29)46-49-45(28-11-4-3-5-12-28)50-47(51-46)32-19-21-35-34-16-7-9-18-43(34)53-44(35)25-32/h3-27H,1-2H3. The zero-order chi connectivity index (χ0) is 35.3. The summed E-state index contributed by atoms with van der Waals surface area (Å²) in [5, 5.41) is 4.83. The second-order valence-corrected chi connectivity index (χ2v) is 15.5. The van der Waals surface area contributed by atoms with Crippen LogP contribution in [0.4, 0.5) is 0 Å². The molecule has 0 amide bonds. The summed E-state index contributed by atoms with van der Waals surface area (Å²) in [6.07, 6.45) is 0. The maximum absolute atomic E-state index is 6.31. The quantitative estimate of drug-likeness (QED) is 0.184. The molecule has 0 saturated carbocycles. The van der Waals surface area contributed by atoms with E-state index in [2.05, 4.69) is 135 Å². The molecule has 0 saturated heterocycles. The van der Waals surface area contributed by atoms with Gasteiger partial charge in [-0.2, -0.15) is 0 Å². The minimum atomic E-state index is -0.147. The van der Waals surface area contributed by atoms with Crippen molar-refractivity contribution in [2.75, 3.05) is 0 Å². The summed E-state index contributed by atoms with van der Waals surface area (Å²) in [6.45, 7) is 4.63. The maximum Gasteiger partial charge on any atom is 0.164 e. The van der Waals surface area contributed by atoms with Crippen LogP contribution >= 0.6 is 11.3 Å². The van der Waals surface area contributed by atoms with Crippen molar-refractivity contribution in [2.24, 2.45) is 0 Å². The molecule has 3 aromatic heterocycles. The number of thiophene rings is 1. The molecule has 1 aliphatic rings. The molecule has 5 heteroatoms. The highest BCUT2D eigenvalue weighted by Gasteiger charge is 2.36. The fourth-order valence-corrected chi connectivity index (χ4v) is 9.35. The van der Waals surface area contributed by atoms with E-state index in [1.165, 1.54) is 42.4 Å². The molecule has 3 heterocycles. The van der Waals surface area contributed by atoms with Crippen LogP contribution in [0.5, 0.6) is 0 Å². The molecule has 53 heavy (non-hydrogen) atoms. The van der Waals surface area contributed by atoms with E-state index < -0.39 is 0 Å². The van der Waals surface area contributed by atoms with Crippen molar-refractivity contribution in [3.8, 4) is 56.4 Å². The monoisotopic (exact) mass is 697 g/mol. The molecular weight excluding hydrogens is 667 g/mol. The van der Waals surface area contributed by atoms with Crippen molar-refractivity contribution < 1.29 is 4.42 Å². The van der Waals surface area contributed by atoms with Crippen LogP contribution < -0.4 is 0 Å². The van der Waals surface area contributed by atoms with Crippen molar-refractivity contribution in [1.82, 2.24) is 15.0 Å². The van der Waals surface area contributed by atoms with Crippen LogP contribution in [0, 0.1) is 0 Å². The minimum absolute atomic E-state index is 0.147. The summed E-state index contributed by atoms with van der Waals surface area (Å²) >= 11 is 1.80. The first-order chi connectivity index (χ1) is 26.0. The Balaban J connectivity index is 1.03. The van der Waals surface area contributed by atoms with Crippen LogP contribution in [0.25, 0.3) is 98.5 Å². The largest absolute Gasteiger partial charge is 0.456 e. The molecule has 0 fully saturated rings. The molecule has 0 bridgehead atoms. The number of hydrogen-bond donors (Lipinski definition) is 0. The molecule has 0 spiro atoms. The number of fused-ring (bicyclic) bond motifs is 9. The predicted octanol–water partition coefficient (Wildman–Crippen LogP) is 13.1. The number of para-hydroxylation sites is 1. The first-order valence-corrected chi connectivity index (χ1v) is 18.7. The third-order valence-corrected chi connectivity index (χ3v) is 12.1. The van der Waals surface area contributed by atoms with E-state index in [0.717, 1.165) is 49.8 Å². The summed E-state index contributed by atoms with van der Waals surface area (Å²) < 4.78 is 8.80. The van der Waals surface area contributed by atoms with Gasteiger partial charge < -0.3 is 4.42 Å². The van der Waals surface area contributed by atoms with Gasteiger partial charge in [0.15, 0.2) is 17.5 Å². The van der Waals surface area contributed by atoms with Crippen LogP contribution in [-0.4, -0.2) is 15.0 Å². The Morgan fingerprint density at radius 1 is 0.415 bits per heavy atom. The van der Waals surface area contributed by atoms with Crippen molar-refractivity contribution in [2.45, 2.75) is 19.3 Å². The number of hydrogen-bond acceptors (Lipinski definition) is 5. The summed E-state index contributed by atoms with van der Waals surface area (Å²) in [7, 11) is 0. The number of benzene rings is 7. The zero-order valence-electron chi connectivity index (χ0n) is 29.1. The van der Waals surface area contributed by atoms with Gasteiger partial charge in [-0.3, -0.25) is 0 Å². The van der Waals surface area contributed by atoms with Crippen LogP contribution in [0.2, 0.25) is 0 Å². The van der Waals surface area contributed by atoms with Crippen molar-refractivity contribution in [3.05, 3.63) is 163 Å². The Hall–Kier alpha value is -6.43. The van der Waals surface area contributed by atoms with E-state index in [1.54, 1.807) is 11.3 Å². The Labute approximate surface area is 310 Å². The highest BCUT2D eigenvalue weighted by molar-refractivity contribution is 7.25. The number of rotatable bonds is 4. The topological polar surface area (TPSA) is 51.8 Å². The molecule has 7 aromatic carbocycles. The fraction of sp³-hybridized carbons (Fsp3) is 0.0625. The number of nitrogens with zero attached hydrogens (tertiary/aromatic N) is 3. The molecular formula is C48H31N3OS. The third-order valence-electron chi connectivity index (χ3n) is 10.9. The minimum Gasteiger partial charge on any atom is -0.456 e. The lowest BCUT2D eigenvalue weighted by Crippen LogP contribution is -2.14. The molecule has 0 unspecified atom stereocenters. The summed E-state index contributed by atoms with van der Waals surface area (Å²) in [5.41, 5.74) is 12.0. The van der Waals surface area contributed by atoms with E-state index in [0.29, 0.717) is 17.5 Å². The van der Waals surface area contributed by atoms with Gasteiger partial charge in [-0.05, 0) is 75.8 Å². The lowest BCUT2D eigenvalue weighted by atomic mass is 9.82. The number of furan rings is 1. The maximum atomic E-state index is 6.31. The molecule has 4 nitrogen and oxygen atoms in total. The van der Waals surface area contributed by atoms with Crippen LogP contribution in [0.15, 0.2) is 156 Å². The molecule has 0 atom stereocenters. The molecule has 0 radical (unpaired) electrons. The van der Waals surface area contributed by atoms with E-state index >= 15 is 0 Å². The molecule has 0 N–H and O–H groups in total. The van der Waals surface area contributed by atoms with E-state index in [4.69, 9.17) is 19.4 Å². The second kappa shape index (κ2) is 11.3. The smallest absolute Gasteiger partial charge is 0.164 e. The Bertz CT molecular complexity index is 3100. The van der Waals surface area contributed by atoms with Gasteiger partial charge >= 0.3 is 0 Å².